The second-order valence-corrected chi connectivity index (χ2v) is 7.19. The van der Waals surface area contributed by atoms with Gasteiger partial charge in [0, 0.05) is 18.8 Å². The van der Waals surface area contributed by atoms with Crippen LogP contribution in [0, 0.1) is 5.82 Å². The summed E-state index contributed by atoms with van der Waals surface area (Å²) in [5.41, 5.74) is 4.32. The summed E-state index contributed by atoms with van der Waals surface area (Å²) in [4.78, 5) is 11.3. The minimum atomic E-state index is -0.890. The molecule has 0 heterocycles. The molecule has 4 rings (SSSR count). The molecule has 3 aromatic carbocycles. The Morgan fingerprint density at radius 2 is 1.46 bits per heavy atom. The number of fused-ring (bicyclic) bond motifs is 1. The zero-order valence-corrected chi connectivity index (χ0v) is 15.3. The Labute approximate surface area is 163 Å². The molecule has 1 atom stereocenters. The summed E-state index contributed by atoms with van der Waals surface area (Å²) in [6.07, 6.45) is 1.86. The lowest BCUT2D eigenvalue weighted by atomic mass is 9.88. The van der Waals surface area contributed by atoms with Crippen molar-refractivity contribution in [2.75, 3.05) is 0 Å². The molecular weight excluding hydrogens is 355 g/mol. The topological polar surface area (TPSA) is 46.5 Å². The van der Waals surface area contributed by atoms with Gasteiger partial charge in [-0.1, -0.05) is 48.5 Å². The van der Waals surface area contributed by atoms with Crippen molar-refractivity contribution in [1.82, 2.24) is 0 Å². The molecule has 0 saturated heterocycles. The average molecular weight is 376 g/mol. The van der Waals surface area contributed by atoms with Crippen molar-refractivity contribution in [1.29, 1.82) is 0 Å². The van der Waals surface area contributed by atoms with Gasteiger partial charge in [0.25, 0.3) is 0 Å². The Morgan fingerprint density at radius 3 is 2.00 bits per heavy atom. The normalized spacial score (nSPS) is 14.5. The van der Waals surface area contributed by atoms with Crippen molar-refractivity contribution in [2.45, 2.75) is 31.3 Å². The Bertz CT molecular complexity index is 939. The number of rotatable bonds is 6. The Kier molecular flexibility index (Phi) is 5.11. The number of carboxylic acid groups (broad SMARTS) is 1. The highest BCUT2D eigenvalue weighted by atomic mass is 19.1. The van der Waals surface area contributed by atoms with Gasteiger partial charge in [-0.25, -0.2) is 4.39 Å². The van der Waals surface area contributed by atoms with E-state index in [0.717, 1.165) is 29.7 Å². The average Bonchev–Trinajstić information content (AvgIpc) is 3.10. The molecule has 1 N–H and O–H groups in total. The summed E-state index contributed by atoms with van der Waals surface area (Å²) >= 11 is 0. The fraction of sp³-hybridized carbons (Fsp3) is 0.208. The fourth-order valence-electron chi connectivity index (χ4n) is 3.87. The maximum absolute atomic E-state index is 13.2. The summed E-state index contributed by atoms with van der Waals surface area (Å²) in [5, 5.41) is 9.29. The fourth-order valence-corrected chi connectivity index (χ4v) is 3.87. The van der Waals surface area contributed by atoms with E-state index >= 15 is 0 Å². The summed E-state index contributed by atoms with van der Waals surface area (Å²) in [7, 11) is 0. The van der Waals surface area contributed by atoms with E-state index in [1.165, 1.54) is 23.3 Å². The molecule has 142 valence electrons. The number of hydrogen-bond donors (Lipinski definition) is 1. The molecule has 0 fully saturated rings. The van der Waals surface area contributed by atoms with Crippen LogP contribution in [0.2, 0.25) is 0 Å². The maximum atomic E-state index is 13.2. The molecule has 0 bridgehead atoms. The van der Waals surface area contributed by atoms with Crippen LogP contribution < -0.4 is 4.74 Å². The van der Waals surface area contributed by atoms with Gasteiger partial charge < -0.3 is 9.84 Å². The van der Waals surface area contributed by atoms with E-state index in [-0.39, 0.29) is 24.3 Å². The molecule has 0 radical (unpaired) electrons. The summed E-state index contributed by atoms with van der Waals surface area (Å²) in [6.45, 7) is 0. The first kappa shape index (κ1) is 18.2. The first-order chi connectivity index (χ1) is 13.6. The van der Waals surface area contributed by atoms with Crippen molar-refractivity contribution >= 4 is 5.97 Å². The monoisotopic (exact) mass is 376 g/mol. The molecule has 1 aliphatic rings. The van der Waals surface area contributed by atoms with Crippen molar-refractivity contribution in [3.05, 3.63) is 101 Å². The third-order valence-corrected chi connectivity index (χ3v) is 5.25. The lowest BCUT2D eigenvalue weighted by molar-refractivity contribution is -0.137. The van der Waals surface area contributed by atoms with Crippen molar-refractivity contribution in [3.8, 4) is 5.75 Å². The van der Waals surface area contributed by atoms with Crippen LogP contribution in [0.4, 0.5) is 4.39 Å². The molecule has 28 heavy (non-hydrogen) atoms. The van der Waals surface area contributed by atoms with Gasteiger partial charge in [-0.3, -0.25) is 4.79 Å². The van der Waals surface area contributed by atoms with E-state index < -0.39 is 5.97 Å². The number of hydrogen-bond acceptors (Lipinski definition) is 2. The highest BCUT2D eigenvalue weighted by Crippen LogP contribution is 2.31. The van der Waals surface area contributed by atoms with Gasteiger partial charge in [0.05, 0.1) is 6.42 Å². The van der Waals surface area contributed by atoms with E-state index in [9.17, 15) is 14.3 Å². The molecule has 4 heteroatoms. The van der Waals surface area contributed by atoms with Crippen LogP contribution in [-0.2, 0) is 17.6 Å². The third-order valence-electron chi connectivity index (χ3n) is 5.25. The predicted octanol–water partition coefficient (Wildman–Crippen LogP) is 4.98. The van der Waals surface area contributed by atoms with Crippen LogP contribution in [-0.4, -0.2) is 17.2 Å². The SMILES string of the molecule is O=C(O)CC(c1ccc(F)cc1)c1ccc(OC2Cc3ccccc3C2)cc1. The quantitative estimate of drug-likeness (QED) is 0.660. The zero-order valence-electron chi connectivity index (χ0n) is 15.3. The zero-order chi connectivity index (χ0) is 19.5. The largest absolute Gasteiger partial charge is 0.490 e. The van der Waals surface area contributed by atoms with Gasteiger partial charge in [-0.2, -0.15) is 0 Å². The minimum Gasteiger partial charge on any atom is -0.490 e. The maximum Gasteiger partial charge on any atom is 0.304 e. The van der Waals surface area contributed by atoms with E-state index in [0.29, 0.717) is 0 Å². The van der Waals surface area contributed by atoms with Gasteiger partial charge in [0.2, 0.25) is 0 Å². The lowest BCUT2D eigenvalue weighted by Crippen LogP contribution is -2.16. The minimum absolute atomic E-state index is 0.0518. The first-order valence-electron chi connectivity index (χ1n) is 9.39. The molecule has 0 saturated carbocycles. The smallest absolute Gasteiger partial charge is 0.304 e. The predicted molar refractivity (Wildman–Crippen MR) is 105 cm³/mol. The Balaban J connectivity index is 1.49. The second kappa shape index (κ2) is 7.85. The van der Waals surface area contributed by atoms with Crippen LogP contribution in [0.1, 0.15) is 34.6 Å². The number of halogens is 1. The lowest BCUT2D eigenvalue weighted by Gasteiger charge is -2.18. The van der Waals surface area contributed by atoms with Crippen LogP contribution in [0.5, 0.6) is 5.75 Å². The Morgan fingerprint density at radius 1 is 0.929 bits per heavy atom. The van der Waals surface area contributed by atoms with Crippen LogP contribution >= 0.6 is 0 Å². The number of aliphatic carboxylic acids is 1. The molecule has 0 amide bonds. The molecule has 3 nitrogen and oxygen atoms in total. The van der Waals surface area contributed by atoms with E-state index in [2.05, 4.69) is 12.1 Å². The van der Waals surface area contributed by atoms with Crippen LogP contribution in [0.25, 0.3) is 0 Å². The number of ether oxygens (including phenoxy) is 1. The molecule has 0 aromatic heterocycles. The van der Waals surface area contributed by atoms with Gasteiger partial charge in [-0.15, -0.1) is 0 Å². The highest BCUT2D eigenvalue weighted by Gasteiger charge is 2.23. The van der Waals surface area contributed by atoms with Gasteiger partial charge in [0.15, 0.2) is 0 Å². The van der Waals surface area contributed by atoms with E-state index in [1.807, 2.05) is 36.4 Å². The first-order valence-corrected chi connectivity index (χ1v) is 9.39. The van der Waals surface area contributed by atoms with Crippen molar-refractivity contribution in [3.63, 3.8) is 0 Å². The van der Waals surface area contributed by atoms with Gasteiger partial charge >= 0.3 is 5.97 Å². The van der Waals surface area contributed by atoms with Crippen molar-refractivity contribution < 1.29 is 19.0 Å². The molecule has 0 aliphatic heterocycles. The molecular formula is C24H21FO3. The van der Waals surface area contributed by atoms with E-state index in [1.54, 1.807) is 12.1 Å². The van der Waals surface area contributed by atoms with Crippen LogP contribution in [0.15, 0.2) is 72.8 Å². The standard InChI is InChI=1S/C24H21FO3/c25-20-9-5-16(6-10-20)23(15-24(26)27)17-7-11-21(12-8-17)28-22-13-18-3-1-2-4-19(18)14-22/h1-12,22-23H,13-15H2,(H,26,27). The summed E-state index contributed by atoms with van der Waals surface area (Å²) in [5.74, 6) is -0.782. The molecule has 0 spiro atoms. The number of carboxylic acids is 1. The molecule has 3 aromatic rings. The number of benzene rings is 3. The second-order valence-electron chi connectivity index (χ2n) is 7.19. The summed E-state index contributed by atoms with van der Waals surface area (Å²) < 4.78 is 19.4. The van der Waals surface area contributed by atoms with Gasteiger partial charge in [-0.05, 0) is 46.5 Å². The van der Waals surface area contributed by atoms with Crippen molar-refractivity contribution in [2.24, 2.45) is 0 Å². The van der Waals surface area contributed by atoms with Crippen LogP contribution in [0.3, 0.4) is 0 Å². The Hall–Kier alpha value is -3.14. The number of carbonyl (C=O) groups is 1. The molecule has 1 aliphatic carbocycles. The highest BCUT2D eigenvalue weighted by molar-refractivity contribution is 5.69. The van der Waals surface area contributed by atoms with Gasteiger partial charge in [0.1, 0.15) is 17.7 Å². The van der Waals surface area contributed by atoms with E-state index in [4.69, 9.17) is 4.74 Å². The summed E-state index contributed by atoms with van der Waals surface area (Å²) in [6, 6.07) is 21.9. The third kappa shape index (κ3) is 4.06. The molecule has 1 unspecified atom stereocenters.